The Bertz CT molecular complexity index is 914. The predicted octanol–water partition coefficient (Wildman–Crippen LogP) is 4.50. The van der Waals surface area contributed by atoms with Gasteiger partial charge in [0.15, 0.2) is 5.82 Å². The lowest BCUT2D eigenvalue weighted by molar-refractivity contribution is 0.405. The Hall–Kier alpha value is -3.35. The number of nitrogens with zero attached hydrogens (tertiary/aromatic N) is 3. The third-order valence-electron chi connectivity index (χ3n) is 4.06. The highest BCUT2D eigenvalue weighted by Crippen LogP contribution is 2.31. The molecule has 0 fully saturated rings. The highest BCUT2D eigenvalue weighted by molar-refractivity contribution is 5.66. The summed E-state index contributed by atoms with van der Waals surface area (Å²) in [5.74, 6) is 2.70. The van der Waals surface area contributed by atoms with Crippen LogP contribution in [0.1, 0.15) is 25.3 Å². The summed E-state index contributed by atoms with van der Waals surface area (Å²) in [5, 5.41) is 14.5. The standard InChI is InChI=1S/C20H23N5O2/c1-13(2)15-7-5-6-8-16(15)22-19-12-21-25-20(24-19)23-17-11-14(26-3)9-10-18(17)27-4/h5-13H,1-4H3,(H2,22,23,24,25). The zero-order chi connectivity index (χ0) is 19.2. The molecule has 0 saturated heterocycles. The fourth-order valence-corrected chi connectivity index (χ4v) is 2.70. The Morgan fingerprint density at radius 1 is 0.926 bits per heavy atom. The van der Waals surface area contributed by atoms with Gasteiger partial charge < -0.3 is 20.1 Å². The maximum atomic E-state index is 5.38. The fourth-order valence-electron chi connectivity index (χ4n) is 2.70. The summed E-state index contributed by atoms with van der Waals surface area (Å²) in [5.41, 5.74) is 2.90. The molecule has 0 aliphatic rings. The minimum absolute atomic E-state index is 0.355. The average Bonchev–Trinajstić information content (AvgIpc) is 2.68. The Kier molecular flexibility index (Phi) is 5.71. The number of anilines is 4. The van der Waals surface area contributed by atoms with Crippen LogP contribution in [-0.4, -0.2) is 29.4 Å². The van der Waals surface area contributed by atoms with Gasteiger partial charge in [0.25, 0.3) is 0 Å². The molecule has 1 aromatic heterocycles. The van der Waals surface area contributed by atoms with E-state index in [9.17, 15) is 0 Å². The van der Waals surface area contributed by atoms with Crippen LogP contribution in [0.2, 0.25) is 0 Å². The smallest absolute Gasteiger partial charge is 0.249 e. The normalized spacial score (nSPS) is 10.6. The minimum Gasteiger partial charge on any atom is -0.497 e. The van der Waals surface area contributed by atoms with Gasteiger partial charge in [0.1, 0.15) is 11.5 Å². The summed E-state index contributed by atoms with van der Waals surface area (Å²) in [7, 11) is 3.22. The van der Waals surface area contributed by atoms with E-state index in [1.807, 2.05) is 36.4 Å². The van der Waals surface area contributed by atoms with E-state index in [-0.39, 0.29) is 0 Å². The van der Waals surface area contributed by atoms with Crippen LogP contribution in [0.15, 0.2) is 48.7 Å². The molecular formula is C20H23N5O2. The largest absolute Gasteiger partial charge is 0.497 e. The van der Waals surface area contributed by atoms with E-state index in [0.29, 0.717) is 34.9 Å². The molecule has 3 aromatic rings. The first-order chi connectivity index (χ1) is 13.1. The maximum Gasteiger partial charge on any atom is 0.249 e. The Morgan fingerprint density at radius 2 is 1.74 bits per heavy atom. The van der Waals surface area contributed by atoms with Gasteiger partial charge in [-0.1, -0.05) is 32.0 Å². The number of hydrogen-bond donors (Lipinski definition) is 2. The maximum absolute atomic E-state index is 5.38. The van der Waals surface area contributed by atoms with Crippen molar-refractivity contribution >= 4 is 23.1 Å². The van der Waals surface area contributed by atoms with Crippen LogP contribution in [0.5, 0.6) is 11.5 Å². The topological polar surface area (TPSA) is 81.2 Å². The zero-order valence-corrected chi connectivity index (χ0v) is 15.9. The van der Waals surface area contributed by atoms with Crippen LogP contribution in [0, 0.1) is 0 Å². The molecule has 0 radical (unpaired) electrons. The van der Waals surface area contributed by atoms with Gasteiger partial charge in [0.05, 0.1) is 26.1 Å². The van der Waals surface area contributed by atoms with E-state index in [0.717, 1.165) is 5.69 Å². The van der Waals surface area contributed by atoms with Crippen molar-refractivity contribution in [1.29, 1.82) is 0 Å². The number of rotatable bonds is 7. The molecule has 0 unspecified atom stereocenters. The van der Waals surface area contributed by atoms with E-state index in [4.69, 9.17) is 9.47 Å². The van der Waals surface area contributed by atoms with Gasteiger partial charge in [-0.05, 0) is 29.7 Å². The fraction of sp³-hybridized carbons (Fsp3) is 0.250. The second-order valence-corrected chi connectivity index (χ2v) is 6.22. The Labute approximate surface area is 158 Å². The van der Waals surface area contributed by atoms with Crippen molar-refractivity contribution in [3.8, 4) is 11.5 Å². The van der Waals surface area contributed by atoms with Crippen LogP contribution in [0.3, 0.4) is 0 Å². The van der Waals surface area contributed by atoms with Crippen LogP contribution < -0.4 is 20.1 Å². The number of methoxy groups -OCH3 is 2. The highest BCUT2D eigenvalue weighted by Gasteiger charge is 2.10. The molecule has 0 aliphatic carbocycles. The van der Waals surface area contributed by atoms with Gasteiger partial charge in [-0.3, -0.25) is 0 Å². The van der Waals surface area contributed by atoms with Crippen molar-refractivity contribution in [2.45, 2.75) is 19.8 Å². The summed E-state index contributed by atoms with van der Waals surface area (Å²) in [4.78, 5) is 4.50. The van der Waals surface area contributed by atoms with E-state index < -0.39 is 0 Å². The first-order valence-electron chi connectivity index (χ1n) is 8.65. The van der Waals surface area contributed by atoms with Crippen molar-refractivity contribution in [1.82, 2.24) is 15.2 Å². The lowest BCUT2D eigenvalue weighted by atomic mass is 10.0. The second kappa shape index (κ2) is 8.35. The molecule has 0 bridgehead atoms. The quantitative estimate of drug-likeness (QED) is 0.638. The van der Waals surface area contributed by atoms with E-state index in [2.05, 4.69) is 45.7 Å². The second-order valence-electron chi connectivity index (χ2n) is 6.22. The number of aromatic nitrogens is 3. The Morgan fingerprint density at radius 3 is 2.48 bits per heavy atom. The minimum atomic E-state index is 0.355. The third kappa shape index (κ3) is 4.44. The van der Waals surface area contributed by atoms with E-state index >= 15 is 0 Å². The summed E-state index contributed by atoms with van der Waals surface area (Å²) in [6.45, 7) is 4.31. The summed E-state index contributed by atoms with van der Waals surface area (Å²) < 4.78 is 10.6. The van der Waals surface area contributed by atoms with Crippen molar-refractivity contribution in [3.63, 3.8) is 0 Å². The lowest BCUT2D eigenvalue weighted by Crippen LogP contribution is -2.05. The molecule has 0 aliphatic heterocycles. The molecule has 0 spiro atoms. The molecule has 27 heavy (non-hydrogen) atoms. The SMILES string of the molecule is COc1ccc(OC)c(Nc2nncc(Nc3ccccc3C(C)C)n2)c1. The van der Waals surface area contributed by atoms with Gasteiger partial charge in [0.2, 0.25) is 5.95 Å². The van der Waals surface area contributed by atoms with Crippen molar-refractivity contribution in [2.75, 3.05) is 24.9 Å². The molecule has 1 heterocycles. The molecule has 7 nitrogen and oxygen atoms in total. The molecule has 2 aromatic carbocycles. The molecule has 7 heteroatoms. The van der Waals surface area contributed by atoms with Crippen molar-refractivity contribution < 1.29 is 9.47 Å². The molecule has 0 amide bonds. The monoisotopic (exact) mass is 365 g/mol. The molecule has 3 rings (SSSR count). The summed E-state index contributed by atoms with van der Waals surface area (Å²) >= 11 is 0. The van der Waals surface area contributed by atoms with E-state index in [1.165, 1.54) is 5.56 Å². The van der Waals surface area contributed by atoms with E-state index in [1.54, 1.807) is 20.4 Å². The number of benzene rings is 2. The lowest BCUT2D eigenvalue weighted by Gasteiger charge is -2.14. The van der Waals surface area contributed by atoms with Crippen LogP contribution in [-0.2, 0) is 0 Å². The predicted molar refractivity (Wildman–Crippen MR) is 106 cm³/mol. The molecule has 0 saturated carbocycles. The first kappa shape index (κ1) is 18.4. The number of hydrogen-bond acceptors (Lipinski definition) is 7. The summed E-state index contributed by atoms with van der Waals surface area (Å²) in [6.07, 6.45) is 1.59. The van der Waals surface area contributed by atoms with Crippen LogP contribution in [0.25, 0.3) is 0 Å². The Balaban J connectivity index is 1.85. The summed E-state index contributed by atoms with van der Waals surface area (Å²) in [6, 6.07) is 13.6. The average molecular weight is 365 g/mol. The van der Waals surface area contributed by atoms with Gasteiger partial charge in [-0.15, -0.1) is 5.10 Å². The number of nitrogens with one attached hydrogen (secondary N) is 2. The number of para-hydroxylation sites is 1. The number of ether oxygens (including phenoxy) is 2. The third-order valence-corrected chi connectivity index (χ3v) is 4.06. The van der Waals surface area contributed by atoms with Gasteiger partial charge in [-0.2, -0.15) is 10.1 Å². The van der Waals surface area contributed by atoms with Crippen molar-refractivity contribution in [3.05, 3.63) is 54.2 Å². The van der Waals surface area contributed by atoms with Crippen LogP contribution in [0.4, 0.5) is 23.1 Å². The molecular weight excluding hydrogens is 342 g/mol. The van der Waals surface area contributed by atoms with Gasteiger partial charge in [0, 0.05) is 11.8 Å². The molecule has 2 N–H and O–H groups in total. The van der Waals surface area contributed by atoms with Crippen molar-refractivity contribution in [2.24, 2.45) is 0 Å². The zero-order valence-electron chi connectivity index (χ0n) is 15.9. The highest BCUT2D eigenvalue weighted by atomic mass is 16.5. The van der Waals surface area contributed by atoms with Crippen LogP contribution >= 0.6 is 0 Å². The van der Waals surface area contributed by atoms with Gasteiger partial charge >= 0.3 is 0 Å². The first-order valence-corrected chi connectivity index (χ1v) is 8.65. The molecule has 0 atom stereocenters. The molecule has 140 valence electrons. The van der Waals surface area contributed by atoms with Gasteiger partial charge in [-0.25, -0.2) is 0 Å².